The van der Waals surface area contributed by atoms with Gasteiger partial charge < -0.3 is 14.0 Å². The van der Waals surface area contributed by atoms with Crippen LogP contribution >= 0.6 is 0 Å². The third kappa shape index (κ3) is 3.71. The molecule has 2 heterocycles. The maximum absolute atomic E-state index is 12.7. The number of benzene rings is 1. The summed E-state index contributed by atoms with van der Waals surface area (Å²) in [6.07, 6.45) is -0.264. The van der Waals surface area contributed by atoms with E-state index in [1.165, 1.54) is 18.1 Å². The Morgan fingerprint density at radius 3 is 2.72 bits per heavy atom. The number of carbonyl (C=O) groups is 2. The first-order chi connectivity index (χ1) is 12.1. The highest BCUT2D eigenvalue weighted by molar-refractivity contribution is 6.00. The molecular weight excluding hydrogens is 324 g/mol. The van der Waals surface area contributed by atoms with Crippen molar-refractivity contribution in [3.63, 3.8) is 0 Å². The predicted molar refractivity (Wildman–Crippen MR) is 88.7 cm³/mol. The minimum Gasteiger partial charge on any atom is -0.463 e. The molecule has 1 aliphatic heterocycles. The maximum atomic E-state index is 12.7. The Kier molecular flexibility index (Phi) is 4.83. The Bertz CT molecular complexity index is 797. The summed E-state index contributed by atoms with van der Waals surface area (Å²) in [5, 5.41) is 3.98. The molecule has 0 spiro atoms. The van der Waals surface area contributed by atoms with Gasteiger partial charge in [0.25, 0.3) is 5.91 Å². The number of hydrogen-bond acceptors (Lipinski definition) is 6. The van der Waals surface area contributed by atoms with Crippen LogP contribution in [0.4, 0.5) is 0 Å². The van der Waals surface area contributed by atoms with Gasteiger partial charge in [-0.25, -0.2) is 4.79 Å². The molecule has 0 aliphatic carbocycles. The number of carbonyl (C=O) groups excluding carboxylic acids is 2. The van der Waals surface area contributed by atoms with Gasteiger partial charge in [0.15, 0.2) is 0 Å². The summed E-state index contributed by atoms with van der Waals surface area (Å²) >= 11 is 0. The van der Waals surface area contributed by atoms with Crippen molar-refractivity contribution < 1.29 is 23.6 Å². The second-order valence-electron chi connectivity index (χ2n) is 5.60. The Morgan fingerprint density at radius 2 is 2.00 bits per heavy atom. The van der Waals surface area contributed by atoms with Gasteiger partial charge in [-0.15, -0.1) is 0 Å². The fraction of sp³-hybridized carbons (Fsp3) is 0.278. The minimum absolute atomic E-state index is 0.0913. The first-order valence-corrected chi connectivity index (χ1v) is 7.81. The van der Waals surface area contributed by atoms with Crippen LogP contribution in [-0.4, -0.2) is 35.8 Å². The van der Waals surface area contributed by atoms with Crippen molar-refractivity contribution in [2.75, 3.05) is 7.11 Å². The number of amides is 1. The number of ether oxygens (including phenoxy) is 1. The number of hydrogen-bond donors (Lipinski definition) is 0. The Morgan fingerprint density at radius 1 is 1.24 bits per heavy atom. The van der Waals surface area contributed by atoms with Gasteiger partial charge in [-0.3, -0.25) is 9.69 Å². The van der Waals surface area contributed by atoms with Crippen molar-refractivity contribution in [2.45, 2.75) is 26.0 Å². The van der Waals surface area contributed by atoms with Gasteiger partial charge in [0.2, 0.25) is 11.9 Å². The smallest absolute Gasteiger partial charge is 0.373 e. The van der Waals surface area contributed by atoms with Gasteiger partial charge in [0.05, 0.1) is 13.7 Å². The van der Waals surface area contributed by atoms with E-state index in [4.69, 9.17) is 9.25 Å². The second kappa shape index (κ2) is 7.21. The van der Waals surface area contributed by atoms with Crippen LogP contribution < -0.4 is 0 Å². The third-order valence-corrected chi connectivity index (χ3v) is 3.87. The van der Waals surface area contributed by atoms with Gasteiger partial charge in [-0.05, 0) is 24.6 Å². The molecule has 2 aromatic rings. The normalized spacial score (nSPS) is 17.0. The summed E-state index contributed by atoms with van der Waals surface area (Å²) in [6, 6.07) is 12.7. The number of esters is 1. The van der Waals surface area contributed by atoms with Crippen molar-refractivity contribution in [3.05, 3.63) is 59.5 Å². The van der Waals surface area contributed by atoms with Crippen LogP contribution in [0.1, 0.15) is 28.8 Å². The van der Waals surface area contributed by atoms with Crippen molar-refractivity contribution in [1.82, 2.24) is 4.90 Å². The molecule has 1 atom stereocenters. The highest BCUT2D eigenvalue weighted by Gasteiger charge is 2.33. The highest BCUT2D eigenvalue weighted by atomic mass is 16.6. The standard InChI is InChI=1S/C18H18N2O5/c1-12-19-25-16(10-13-6-4-3-5-7-13)17(21)20(12)11-14-8-9-15(24-14)18(22)23-2/h3-9,16H,10-11H2,1-2H3. The lowest BCUT2D eigenvalue weighted by Gasteiger charge is -2.29. The molecule has 1 aromatic heterocycles. The number of nitrogens with zero attached hydrogens (tertiary/aromatic N) is 2. The quantitative estimate of drug-likeness (QED) is 0.779. The fourth-order valence-corrected chi connectivity index (χ4v) is 2.54. The summed E-state index contributed by atoms with van der Waals surface area (Å²) in [7, 11) is 1.28. The van der Waals surface area contributed by atoms with Crippen molar-refractivity contribution in [3.8, 4) is 0 Å². The maximum Gasteiger partial charge on any atom is 0.373 e. The van der Waals surface area contributed by atoms with Crippen molar-refractivity contribution >= 4 is 17.7 Å². The van der Waals surface area contributed by atoms with E-state index in [0.717, 1.165) is 5.56 Å². The number of oxime groups is 1. The average molecular weight is 342 g/mol. The third-order valence-electron chi connectivity index (χ3n) is 3.87. The molecule has 0 saturated carbocycles. The van der Waals surface area contributed by atoms with E-state index in [-0.39, 0.29) is 18.2 Å². The second-order valence-corrected chi connectivity index (χ2v) is 5.60. The lowest BCUT2D eigenvalue weighted by Crippen LogP contribution is -2.46. The van der Waals surface area contributed by atoms with Gasteiger partial charge in [-0.1, -0.05) is 35.5 Å². The van der Waals surface area contributed by atoms with E-state index in [0.29, 0.717) is 18.0 Å². The van der Waals surface area contributed by atoms with Gasteiger partial charge >= 0.3 is 5.97 Å². The summed E-state index contributed by atoms with van der Waals surface area (Å²) in [5.74, 6) is 0.224. The molecule has 1 aromatic carbocycles. The number of furan rings is 1. The summed E-state index contributed by atoms with van der Waals surface area (Å²) in [4.78, 5) is 31.0. The zero-order valence-corrected chi connectivity index (χ0v) is 14.0. The van der Waals surface area contributed by atoms with E-state index in [9.17, 15) is 9.59 Å². The molecule has 0 N–H and O–H groups in total. The molecule has 0 radical (unpaired) electrons. The van der Waals surface area contributed by atoms with Crippen molar-refractivity contribution in [2.24, 2.45) is 5.16 Å². The van der Waals surface area contributed by atoms with Gasteiger partial charge in [0.1, 0.15) is 11.6 Å². The van der Waals surface area contributed by atoms with Crippen LogP contribution in [0.2, 0.25) is 0 Å². The SMILES string of the molecule is COC(=O)c1ccc(CN2C(=O)C(Cc3ccccc3)ON=C2C)o1. The molecule has 130 valence electrons. The molecule has 3 rings (SSSR count). The van der Waals surface area contributed by atoms with Crippen LogP contribution in [0, 0.1) is 0 Å². The Labute approximate surface area is 144 Å². The number of rotatable bonds is 5. The summed E-state index contributed by atoms with van der Waals surface area (Å²) in [6.45, 7) is 1.85. The molecule has 7 heteroatoms. The van der Waals surface area contributed by atoms with E-state index in [1.807, 2.05) is 30.3 Å². The van der Waals surface area contributed by atoms with E-state index < -0.39 is 12.1 Å². The van der Waals surface area contributed by atoms with Gasteiger partial charge in [-0.2, -0.15) is 0 Å². The molecule has 7 nitrogen and oxygen atoms in total. The minimum atomic E-state index is -0.693. The summed E-state index contributed by atoms with van der Waals surface area (Å²) < 4.78 is 10.0. The Hall–Kier alpha value is -3.09. The topological polar surface area (TPSA) is 81.3 Å². The van der Waals surface area contributed by atoms with Crippen LogP contribution in [0.3, 0.4) is 0 Å². The fourth-order valence-electron chi connectivity index (χ4n) is 2.54. The monoisotopic (exact) mass is 342 g/mol. The number of methoxy groups -OCH3 is 1. The van der Waals surface area contributed by atoms with E-state index >= 15 is 0 Å². The summed E-state index contributed by atoms with van der Waals surface area (Å²) in [5.41, 5.74) is 0.988. The van der Waals surface area contributed by atoms with Crippen LogP contribution in [0.5, 0.6) is 0 Å². The first kappa shape index (κ1) is 16.8. The Balaban J connectivity index is 1.73. The first-order valence-electron chi connectivity index (χ1n) is 7.81. The lowest BCUT2D eigenvalue weighted by molar-refractivity contribution is -0.143. The van der Waals surface area contributed by atoms with E-state index in [1.54, 1.807) is 13.0 Å². The molecule has 1 amide bonds. The molecule has 25 heavy (non-hydrogen) atoms. The van der Waals surface area contributed by atoms with Crippen molar-refractivity contribution in [1.29, 1.82) is 0 Å². The molecule has 0 saturated heterocycles. The zero-order chi connectivity index (χ0) is 17.8. The number of amidine groups is 1. The van der Waals surface area contributed by atoms with Crippen LogP contribution in [-0.2, 0) is 27.3 Å². The van der Waals surface area contributed by atoms with Crippen LogP contribution in [0.25, 0.3) is 0 Å². The molecule has 0 bridgehead atoms. The van der Waals surface area contributed by atoms with Crippen LogP contribution in [0.15, 0.2) is 52.0 Å². The zero-order valence-electron chi connectivity index (χ0n) is 14.0. The predicted octanol–water partition coefficient (Wildman–Crippen LogP) is 2.37. The largest absolute Gasteiger partial charge is 0.463 e. The van der Waals surface area contributed by atoms with Gasteiger partial charge in [0, 0.05) is 6.42 Å². The molecule has 1 unspecified atom stereocenters. The van der Waals surface area contributed by atoms with E-state index in [2.05, 4.69) is 9.89 Å². The molecule has 1 aliphatic rings. The lowest BCUT2D eigenvalue weighted by atomic mass is 10.1. The highest BCUT2D eigenvalue weighted by Crippen LogP contribution is 2.18. The molecule has 0 fully saturated rings. The average Bonchev–Trinajstić information content (AvgIpc) is 3.10. The molecular formula is C18H18N2O5.